The molecule has 19 heavy (non-hydrogen) atoms. The number of rotatable bonds is 6. The number of esters is 2. The van der Waals surface area contributed by atoms with Crippen molar-refractivity contribution < 1.29 is 23.9 Å². The summed E-state index contributed by atoms with van der Waals surface area (Å²) in [5, 5.41) is 0. The molecule has 0 unspecified atom stereocenters. The summed E-state index contributed by atoms with van der Waals surface area (Å²) < 4.78 is 9.70. The molecule has 102 valence electrons. The Balaban J connectivity index is 2.42. The van der Waals surface area contributed by atoms with E-state index in [0.717, 1.165) is 11.1 Å². The minimum atomic E-state index is -0.573. The van der Waals surface area contributed by atoms with Gasteiger partial charge in [0, 0.05) is 11.1 Å². The summed E-state index contributed by atoms with van der Waals surface area (Å²) in [6.45, 7) is 8.38. The maximum atomic E-state index is 11.7. The van der Waals surface area contributed by atoms with Gasteiger partial charge in [-0.25, -0.2) is 9.59 Å². The second-order valence-corrected chi connectivity index (χ2v) is 4.21. The maximum absolute atomic E-state index is 11.7. The minimum absolute atomic E-state index is 0.0388. The first kappa shape index (κ1) is 14.9. The smallest absolute Gasteiger partial charge is 0.339 e. The first-order chi connectivity index (χ1) is 8.90. The molecule has 0 radical (unpaired) electrons. The van der Waals surface area contributed by atoms with Crippen molar-refractivity contribution in [3.8, 4) is 0 Å². The van der Waals surface area contributed by atoms with Gasteiger partial charge in [-0.3, -0.25) is 4.79 Å². The number of hydrogen-bond acceptors (Lipinski definition) is 5. The van der Waals surface area contributed by atoms with Gasteiger partial charge in [-0.05, 0) is 31.9 Å². The topological polar surface area (TPSA) is 69.7 Å². The molecule has 0 N–H and O–H groups in total. The lowest BCUT2D eigenvalue weighted by molar-refractivity contribution is -0.147. The van der Waals surface area contributed by atoms with Crippen LogP contribution in [0.1, 0.15) is 20.8 Å². The van der Waals surface area contributed by atoms with E-state index in [9.17, 15) is 14.4 Å². The van der Waals surface area contributed by atoms with Gasteiger partial charge in [-0.15, -0.1) is 0 Å². The number of hydrogen-bond donors (Lipinski definition) is 0. The fourth-order valence-electron chi connectivity index (χ4n) is 1.59. The summed E-state index contributed by atoms with van der Waals surface area (Å²) in [4.78, 5) is 33.5. The minimum Gasteiger partial charge on any atom is -0.459 e. The van der Waals surface area contributed by atoms with Crippen LogP contribution in [0.4, 0.5) is 0 Å². The van der Waals surface area contributed by atoms with Crippen molar-refractivity contribution in [2.24, 2.45) is 0 Å². The fourth-order valence-corrected chi connectivity index (χ4v) is 1.59. The van der Waals surface area contributed by atoms with E-state index in [4.69, 9.17) is 9.47 Å². The van der Waals surface area contributed by atoms with Crippen LogP contribution < -0.4 is 0 Å². The lowest BCUT2D eigenvalue weighted by Crippen LogP contribution is -2.22. The third kappa shape index (κ3) is 3.19. The molecule has 1 aliphatic carbocycles. The number of carbonyl (C=O) groups excluding carboxylic acids is 3. The molecule has 0 fully saturated rings. The molecule has 0 spiro atoms. The second kappa shape index (κ2) is 6.13. The molecular weight excluding hydrogens is 248 g/mol. The average molecular weight is 264 g/mol. The van der Waals surface area contributed by atoms with Crippen LogP contribution >= 0.6 is 0 Å². The zero-order valence-electron chi connectivity index (χ0n) is 11.2. The van der Waals surface area contributed by atoms with E-state index in [1.54, 1.807) is 13.8 Å². The molecule has 0 atom stereocenters. The summed E-state index contributed by atoms with van der Waals surface area (Å²) in [7, 11) is 0. The molecule has 0 bridgehead atoms. The predicted octanol–water partition coefficient (Wildman–Crippen LogP) is 1.49. The summed E-state index contributed by atoms with van der Waals surface area (Å²) in [6.07, 6.45) is 0.639. The quantitative estimate of drug-likeness (QED) is 0.314. The zero-order chi connectivity index (χ0) is 14.6. The maximum Gasteiger partial charge on any atom is 0.339 e. The Morgan fingerprint density at radius 2 is 1.74 bits per heavy atom. The van der Waals surface area contributed by atoms with Crippen LogP contribution in [0.15, 0.2) is 34.4 Å². The molecule has 0 aliphatic heterocycles. The normalized spacial score (nSPS) is 13.8. The summed E-state index contributed by atoms with van der Waals surface area (Å²) >= 11 is 0. The van der Waals surface area contributed by atoms with Gasteiger partial charge in [0.05, 0.1) is 5.57 Å². The summed E-state index contributed by atoms with van der Waals surface area (Å²) in [5.74, 6) is -1.10. The molecule has 0 aromatic carbocycles. The molecule has 1 rings (SSSR count). The van der Waals surface area contributed by atoms with E-state index in [-0.39, 0.29) is 18.8 Å². The Morgan fingerprint density at radius 3 is 2.26 bits per heavy atom. The Bertz CT molecular complexity index is 508. The monoisotopic (exact) mass is 264 g/mol. The van der Waals surface area contributed by atoms with Crippen molar-refractivity contribution in [1.29, 1.82) is 0 Å². The van der Waals surface area contributed by atoms with Gasteiger partial charge in [0.2, 0.25) is 0 Å². The van der Waals surface area contributed by atoms with Crippen molar-refractivity contribution >= 4 is 18.2 Å². The number of aldehydes is 1. The van der Waals surface area contributed by atoms with Gasteiger partial charge < -0.3 is 9.47 Å². The van der Waals surface area contributed by atoms with Crippen LogP contribution in [0, 0.1) is 0 Å². The van der Waals surface area contributed by atoms with Gasteiger partial charge in [0.1, 0.15) is 13.2 Å². The second-order valence-electron chi connectivity index (χ2n) is 4.21. The molecule has 0 heterocycles. The largest absolute Gasteiger partial charge is 0.459 e. The van der Waals surface area contributed by atoms with Crippen LogP contribution in [-0.2, 0) is 23.9 Å². The van der Waals surface area contributed by atoms with Crippen LogP contribution in [0.3, 0.4) is 0 Å². The summed E-state index contributed by atoms with van der Waals surface area (Å²) in [5.41, 5.74) is 2.52. The van der Waals surface area contributed by atoms with Gasteiger partial charge in [0.25, 0.3) is 0 Å². The molecule has 5 nitrogen and oxygen atoms in total. The highest BCUT2D eigenvalue weighted by atomic mass is 16.6. The zero-order valence-corrected chi connectivity index (χ0v) is 11.2. The number of carbonyl (C=O) groups is 3. The number of ether oxygens (including phenoxy) is 2. The Hall–Kier alpha value is -2.17. The van der Waals surface area contributed by atoms with Crippen molar-refractivity contribution in [3.63, 3.8) is 0 Å². The van der Waals surface area contributed by atoms with E-state index in [2.05, 4.69) is 6.58 Å². The van der Waals surface area contributed by atoms with Crippen LogP contribution in [-0.4, -0.2) is 31.4 Å². The molecule has 1 aliphatic rings. The van der Waals surface area contributed by atoms with Crippen molar-refractivity contribution in [2.75, 3.05) is 13.2 Å². The van der Waals surface area contributed by atoms with E-state index in [0.29, 0.717) is 17.4 Å². The van der Waals surface area contributed by atoms with Crippen molar-refractivity contribution in [2.45, 2.75) is 20.8 Å². The lowest BCUT2D eigenvalue weighted by atomic mass is 9.83. The fraction of sp³-hybridized carbons (Fsp3) is 0.357. The molecule has 0 amide bonds. The van der Waals surface area contributed by atoms with E-state index >= 15 is 0 Å². The Morgan fingerprint density at radius 1 is 1.16 bits per heavy atom. The lowest BCUT2D eigenvalue weighted by Gasteiger charge is -2.22. The number of allylic oxidation sites excluding steroid dienone is 2. The third-order valence-electron chi connectivity index (χ3n) is 2.83. The van der Waals surface area contributed by atoms with Crippen molar-refractivity contribution in [3.05, 3.63) is 34.4 Å². The molecular formula is C14H16O5. The highest BCUT2D eigenvalue weighted by molar-refractivity contribution is 6.06. The van der Waals surface area contributed by atoms with Crippen LogP contribution in [0.25, 0.3) is 0 Å². The molecule has 0 saturated heterocycles. The highest BCUT2D eigenvalue weighted by Crippen LogP contribution is 2.33. The molecule has 5 heteroatoms. The average Bonchev–Trinajstić information content (AvgIpc) is 2.38. The van der Waals surface area contributed by atoms with Crippen LogP contribution in [0.5, 0.6) is 0 Å². The summed E-state index contributed by atoms with van der Waals surface area (Å²) in [6, 6.07) is 0. The SMILES string of the molecule is C=C(C)C(=O)OCCOC(=O)C1=C(C=O)C(C)=C1C. The van der Waals surface area contributed by atoms with Crippen LogP contribution in [0.2, 0.25) is 0 Å². The van der Waals surface area contributed by atoms with E-state index in [1.807, 2.05) is 0 Å². The van der Waals surface area contributed by atoms with E-state index < -0.39 is 11.9 Å². The highest BCUT2D eigenvalue weighted by Gasteiger charge is 2.29. The predicted molar refractivity (Wildman–Crippen MR) is 68.2 cm³/mol. The Labute approximate surface area is 111 Å². The third-order valence-corrected chi connectivity index (χ3v) is 2.83. The van der Waals surface area contributed by atoms with Gasteiger partial charge in [0.15, 0.2) is 6.29 Å². The standard InChI is InChI=1S/C14H16O5/c1-8(2)13(16)18-5-6-19-14(17)12-10(4)9(3)11(12)7-15/h7H,1,5-6H2,2-4H3. The van der Waals surface area contributed by atoms with Gasteiger partial charge in [-0.1, -0.05) is 6.58 Å². The van der Waals surface area contributed by atoms with Gasteiger partial charge in [-0.2, -0.15) is 0 Å². The van der Waals surface area contributed by atoms with E-state index in [1.165, 1.54) is 6.92 Å². The Kier molecular flexibility index (Phi) is 4.80. The molecule has 0 aromatic heterocycles. The van der Waals surface area contributed by atoms with Gasteiger partial charge >= 0.3 is 11.9 Å². The first-order valence-corrected chi connectivity index (χ1v) is 5.77. The molecule has 0 aromatic rings. The first-order valence-electron chi connectivity index (χ1n) is 5.77. The molecule has 0 saturated carbocycles. The van der Waals surface area contributed by atoms with Crippen molar-refractivity contribution in [1.82, 2.24) is 0 Å².